The minimum Gasteiger partial charge on any atom is -0.197 e. The molecule has 1 aliphatic rings. The lowest BCUT2D eigenvalue weighted by Gasteiger charge is -2.25. The second-order valence-corrected chi connectivity index (χ2v) is 6.70. The molecule has 1 unspecified atom stereocenters. The molecule has 0 amide bonds. The summed E-state index contributed by atoms with van der Waals surface area (Å²) in [5.41, 5.74) is 2.21. The highest BCUT2D eigenvalue weighted by molar-refractivity contribution is 5.75. The minimum atomic E-state index is -0.276. The fraction of sp³-hybridized carbons (Fsp3) is 0.500. The molecule has 1 aromatic rings. The van der Waals surface area contributed by atoms with Gasteiger partial charge in [0.2, 0.25) is 0 Å². The molecule has 0 aliphatic heterocycles. The molecule has 1 aliphatic carbocycles. The molecule has 1 nitrogen and oxygen atoms in total. The fourth-order valence-corrected chi connectivity index (χ4v) is 3.24. The number of hydrogen-bond acceptors (Lipinski definition) is 1. The van der Waals surface area contributed by atoms with Crippen LogP contribution in [0.3, 0.4) is 0 Å². The third kappa shape index (κ3) is 5.39. The highest BCUT2D eigenvalue weighted by Crippen LogP contribution is 2.37. The van der Waals surface area contributed by atoms with Gasteiger partial charge in [-0.25, -0.2) is 0 Å². The SMILES string of the molecule is CCCCCCCCCC1(C#N)C=CC(c2ccccc2)=CC1. The Morgan fingerprint density at radius 2 is 1.70 bits per heavy atom. The van der Waals surface area contributed by atoms with Crippen molar-refractivity contribution in [2.75, 3.05) is 0 Å². The van der Waals surface area contributed by atoms with Crippen LogP contribution in [0.4, 0.5) is 0 Å². The lowest BCUT2D eigenvalue weighted by Crippen LogP contribution is -2.17. The van der Waals surface area contributed by atoms with Crippen molar-refractivity contribution in [2.24, 2.45) is 5.41 Å². The first-order valence-corrected chi connectivity index (χ1v) is 9.16. The van der Waals surface area contributed by atoms with E-state index in [9.17, 15) is 5.26 Å². The van der Waals surface area contributed by atoms with Crippen LogP contribution < -0.4 is 0 Å². The van der Waals surface area contributed by atoms with E-state index in [0.29, 0.717) is 0 Å². The molecular formula is C22H29N. The van der Waals surface area contributed by atoms with Gasteiger partial charge >= 0.3 is 0 Å². The Morgan fingerprint density at radius 1 is 1.00 bits per heavy atom. The summed E-state index contributed by atoms with van der Waals surface area (Å²) in [6.45, 7) is 2.25. The summed E-state index contributed by atoms with van der Waals surface area (Å²) < 4.78 is 0. The molecule has 122 valence electrons. The molecule has 0 radical (unpaired) electrons. The lowest BCUT2D eigenvalue weighted by molar-refractivity contribution is 0.431. The van der Waals surface area contributed by atoms with Crippen LogP contribution in [-0.4, -0.2) is 0 Å². The number of nitriles is 1. The monoisotopic (exact) mass is 307 g/mol. The first kappa shape index (κ1) is 17.5. The molecule has 0 aromatic heterocycles. The van der Waals surface area contributed by atoms with Crippen LogP contribution in [-0.2, 0) is 0 Å². The van der Waals surface area contributed by atoms with Gasteiger partial charge in [0.1, 0.15) is 0 Å². The zero-order valence-corrected chi connectivity index (χ0v) is 14.4. The third-order valence-corrected chi connectivity index (χ3v) is 4.82. The first-order chi connectivity index (χ1) is 11.3. The van der Waals surface area contributed by atoms with E-state index in [1.807, 2.05) is 6.07 Å². The maximum Gasteiger partial charge on any atom is 0.0791 e. The van der Waals surface area contributed by atoms with Gasteiger partial charge in [-0.1, -0.05) is 100 Å². The van der Waals surface area contributed by atoms with E-state index < -0.39 is 0 Å². The quantitative estimate of drug-likeness (QED) is 0.467. The van der Waals surface area contributed by atoms with Crippen LogP contribution in [0, 0.1) is 16.7 Å². The van der Waals surface area contributed by atoms with Crippen molar-refractivity contribution in [3.05, 3.63) is 54.1 Å². The van der Waals surface area contributed by atoms with Crippen molar-refractivity contribution in [1.29, 1.82) is 5.26 Å². The second-order valence-electron chi connectivity index (χ2n) is 6.70. The average Bonchev–Trinajstić information content (AvgIpc) is 2.62. The van der Waals surface area contributed by atoms with Crippen LogP contribution in [0.1, 0.15) is 70.3 Å². The number of rotatable bonds is 9. The zero-order chi connectivity index (χ0) is 16.4. The summed E-state index contributed by atoms with van der Waals surface area (Å²) in [6.07, 6.45) is 17.5. The summed E-state index contributed by atoms with van der Waals surface area (Å²) in [5.74, 6) is 0. The van der Waals surface area contributed by atoms with Gasteiger partial charge in [-0.15, -0.1) is 0 Å². The van der Waals surface area contributed by atoms with Gasteiger partial charge in [-0.3, -0.25) is 0 Å². The van der Waals surface area contributed by atoms with Crippen molar-refractivity contribution in [3.63, 3.8) is 0 Å². The zero-order valence-electron chi connectivity index (χ0n) is 14.4. The number of hydrogen-bond donors (Lipinski definition) is 0. The third-order valence-electron chi connectivity index (χ3n) is 4.82. The molecule has 0 spiro atoms. The number of unbranched alkanes of at least 4 members (excludes halogenated alkanes) is 6. The van der Waals surface area contributed by atoms with E-state index in [-0.39, 0.29) is 5.41 Å². The van der Waals surface area contributed by atoms with Crippen LogP contribution in [0.25, 0.3) is 5.57 Å². The summed E-state index contributed by atoms with van der Waals surface area (Å²) >= 11 is 0. The van der Waals surface area contributed by atoms with Crippen molar-refractivity contribution in [3.8, 4) is 6.07 Å². The summed E-state index contributed by atoms with van der Waals surface area (Å²) in [7, 11) is 0. The maximum atomic E-state index is 9.64. The molecule has 0 bridgehead atoms. The average molecular weight is 307 g/mol. The Balaban J connectivity index is 1.79. The Kier molecular flexibility index (Phi) is 7.14. The van der Waals surface area contributed by atoms with Gasteiger partial charge in [-0.2, -0.15) is 5.26 Å². The molecule has 0 N–H and O–H groups in total. The molecule has 0 saturated carbocycles. The van der Waals surface area contributed by atoms with Gasteiger partial charge in [0, 0.05) is 0 Å². The molecule has 1 aromatic carbocycles. The molecular weight excluding hydrogens is 278 g/mol. The Bertz CT molecular complexity index is 561. The molecule has 1 heteroatoms. The minimum absolute atomic E-state index is 0.276. The van der Waals surface area contributed by atoms with Gasteiger partial charge in [-0.05, 0) is 24.0 Å². The predicted molar refractivity (Wildman–Crippen MR) is 98.8 cm³/mol. The lowest BCUT2D eigenvalue weighted by atomic mass is 9.76. The number of nitrogens with zero attached hydrogens (tertiary/aromatic N) is 1. The van der Waals surface area contributed by atoms with E-state index in [2.05, 4.69) is 55.5 Å². The summed E-state index contributed by atoms with van der Waals surface area (Å²) in [4.78, 5) is 0. The van der Waals surface area contributed by atoms with Crippen molar-refractivity contribution < 1.29 is 0 Å². The van der Waals surface area contributed by atoms with Crippen molar-refractivity contribution in [1.82, 2.24) is 0 Å². The second kappa shape index (κ2) is 9.36. The van der Waals surface area contributed by atoms with E-state index in [0.717, 1.165) is 12.8 Å². The van der Waals surface area contributed by atoms with Crippen LogP contribution in [0.2, 0.25) is 0 Å². The van der Waals surface area contributed by atoms with E-state index in [4.69, 9.17) is 0 Å². The van der Waals surface area contributed by atoms with Crippen molar-refractivity contribution >= 4 is 5.57 Å². The largest absolute Gasteiger partial charge is 0.197 e. The molecule has 0 fully saturated rings. The van der Waals surface area contributed by atoms with Crippen molar-refractivity contribution in [2.45, 2.75) is 64.7 Å². The first-order valence-electron chi connectivity index (χ1n) is 9.16. The summed E-state index contributed by atoms with van der Waals surface area (Å²) in [6, 6.07) is 13.0. The summed E-state index contributed by atoms with van der Waals surface area (Å²) in [5, 5.41) is 9.64. The predicted octanol–water partition coefficient (Wildman–Crippen LogP) is 6.68. The topological polar surface area (TPSA) is 23.8 Å². The molecule has 0 saturated heterocycles. The van der Waals surface area contributed by atoms with Gasteiger partial charge < -0.3 is 0 Å². The van der Waals surface area contributed by atoms with Crippen LogP contribution in [0.15, 0.2) is 48.6 Å². The molecule has 23 heavy (non-hydrogen) atoms. The highest BCUT2D eigenvalue weighted by atomic mass is 14.4. The van der Waals surface area contributed by atoms with Gasteiger partial charge in [0.15, 0.2) is 0 Å². The smallest absolute Gasteiger partial charge is 0.0791 e. The molecule has 2 rings (SSSR count). The Hall–Kier alpha value is -1.81. The Morgan fingerprint density at radius 3 is 2.30 bits per heavy atom. The van der Waals surface area contributed by atoms with E-state index in [1.165, 1.54) is 56.1 Å². The number of allylic oxidation sites excluding steroid dienone is 4. The maximum absolute atomic E-state index is 9.64. The normalized spacial score (nSPS) is 20.1. The van der Waals surface area contributed by atoms with Gasteiger partial charge in [0.05, 0.1) is 11.5 Å². The molecule has 1 atom stereocenters. The Labute approximate surface area is 141 Å². The standard InChI is InChI=1S/C22H29N/c1-2-3-4-5-6-7-11-16-22(19-23)17-14-21(15-18-22)20-12-9-8-10-13-20/h8-10,12-15,17H,2-7,11,16,18H2,1H3. The van der Waals surface area contributed by atoms with Gasteiger partial charge in [0.25, 0.3) is 0 Å². The highest BCUT2D eigenvalue weighted by Gasteiger charge is 2.27. The molecule has 0 heterocycles. The van der Waals surface area contributed by atoms with E-state index >= 15 is 0 Å². The van der Waals surface area contributed by atoms with Crippen LogP contribution in [0.5, 0.6) is 0 Å². The number of benzene rings is 1. The fourth-order valence-electron chi connectivity index (χ4n) is 3.24. The van der Waals surface area contributed by atoms with E-state index in [1.54, 1.807) is 0 Å². The van der Waals surface area contributed by atoms with Crippen LogP contribution >= 0.6 is 0 Å².